The summed E-state index contributed by atoms with van der Waals surface area (Å²) in [5, 5.41) is 9.15. The van der Waals surface area contributed by atoms with Gasteiger partial charge < -0.3 is 9.67 Å². The molecule has 3 heteroatoms. The Bertz CT molecular complexity index is 701. The minimum absolute atomic E-state index is 0.122. The van der Waals surface area contributed by atoms with Crippen LogP contribution in [0.2, 0.25) is 0 Å². The predicted molar refractivity (Wildman–Crippen MR) is 79.7 cm³/mol. The molecule has 0 spiro atoms. The second-order valence-electron chi connectivity index (χ2n) is 5.46. The number of hydrogen-bond donors (Lipinski definition) is 1. The third kappa shape index (κ3) is 2.18. The Morgan fingerprint density at radius 1 is 1.10 bits per heavy atom. The monoisotopic (exact) mass is 269 g/mol. The minimum atomic E-state index is -0.211. The third-order valence-corrected chi connectivity index (χ3v) is 4.20. The fourth-order valence-electron chi connectivity index (χ4n) is 2.99. The summed E-state index contributed by atoms with van der Waals surface area (Å²) in [5.74, 6) is 0. The number of pyridine rings is 1. The summed E-state index contributed by atoms with van der Waals surface area (Å²) in [5.41, 5.74) is 5.15. The number of aryl methyl sites for hydroxylation is 2. The number of fused-ring (bicyclic) bond motifs is 1. The third-order valence-electron chi connectivity index (χ3n) is 4.20. The van der Waals surface area contributed by atoms with E-state index in [1.807, 2.05) is 6.07 Å². The van der Waals surface area contributed by atoms with Crippen LogP contribution in [0.15, 0.2) is 35.1 Å². The molecule has 1 aromatic heterocycles. The molecule has 1 aromatic carbocycles. The average Bonchev–Trinajstić information content (AvgIpc) is 2.49. The van der Waals surface area contributed by atoms with Crippen molar-refractivity contribution in [1.82, 2.24) is 4.57 Å². The number of hydrogen-bond acceptors (Lipinski definition) is 2. The summed E-state index contributed by atoms with van der Waals surface area (Å²) in [7, 11) is 1.76. The summed E-state index contributed by atoms with van der Waals surface area (Å²) in [6, 6.07) is 10.1. The fraction of sp³-hybridized carbons (Fsp3) is 0.353. The molecule has 0 amide bonds. The van der Waals surface area contributed by atoms with Crippen molar-refractivity contribution in [3.05, 3.63) is 57.4 Å². The molecule has 0 aliphatic heterocycles. The van der Waals surface area contributed by atoms with E-state index < -0.39 is 0 Å². The lowest BCUT2D eigenvalue weighted by molar-refractivity contribution is 0.279. The Kier molecular flexibility index (Phi) is 3.45. The zero-order valence-electron chi connectivity index (χ0n) is 11.7. The molecule has 2 aromatic rings. The van der Waals surface area contributed by atoms with Gasteiger partial charge in [0.2, 0.25) is 0 Å². The van der Waals surface area contributed by atoms with Gasteiger partial charge in [-0.05, 0) is 60.6 Å². The molecule has 0 fully saturated rings. The summed E-state index contributed by atoms with van der Waals surface area (Å²) in [4.78, 5) is 12.1. The molecule has 3 nitrogen and oxygen atoms in total. The summed E-state index contributed by atoms with van der Waals surface area (Å²) < 4.78 is 1.62. The van der Waals surface area contributed by atoms with E-state index in [2.05, 4.69) is 18.2 Å². The highest BCUT2D eigenvalue weighted by Gasteiger charge is 2.12. The average molecular weight is 269 g/mol. The van der Waals surface area contributed by atoms with E-state index in [0.29, 0.717) is 5.56 Å². The van der Waals surface area contributed by atoms with Crippen molar-refractivity contribution in [2.75, 3.05) is 0 Å². The first-order valence-electron chi connectivity index (χ1n) is 7.12. The van der Waals surface area contributed by atoms with Crippen molar-refractivity contribution in [2.45, 2.75) is 32.3 Å². The van der Waals surface area contributed by atoms with Gasteiger partial charge in [-0.2, -0.15) is 0 Å². The standard InChI is InChI=1S/C17H19NO2/c1-18-16(9-8-15(11-19)17(18)20)14-7-6-12-4-2-3-5-13(12)10-14/h6-10,19H,2-5,11H2,1H3. The second kappa shape index (κ2) is 5.25. The minimum Gasteiger partial charge on any atom is -0.391 e. The van der Waals surface area contributed by atoms with Crippen LogP contribution in [0.3, 0.4) is 0 Å². The number of benzene rings is 1. The van der Waals surface area contributed by atoms with Gasteiger partial charge in [-0.25, -0.2) is 0 Å². The number of rotatable bonds is 2. The van der Waals surface area contributed by atoms with Gasteiger partial charge in [-0.1, -0.05) is 12.1 Å². The Morgan fingerprint density at radius 2 is 1.85 bits per heavy atom. The quantitative estimate of drug-likeness (QED) is 0.909. The van der Waals surface area contributed by atoms with E-state index in [1.54, 1.807) is 17.7 Å². The molecule has 1 heterocycles. The van der Waals surface area contributed by atoms with Gasteiger partial charge in [-0.15, -0.1) is 0 Å². The van der Waals surface area contributed by atoms with Gasteiger partial charge in [0.05, 0.1) is 12.3 Å². The van der Waals surface area contributed by atoms with E-state index in [4.69, 9.17) is 5.11 Å². The van der Waals surface area contributed by atoms with Gasteiger partial charge in [-0.3, -0.25) is 4.79 Å². The van der Waals surface area contributed by atoms with Crippen LogP contribution < -0.4 is 5.56 Å². The lowest BCUT2D eigenvalue weighted by Crippen LogP contribution is -2.22. The van der Waals surface area contributed by atoms with Gasteiger partial charge >= 0.3 is 0 Å². The van der Waals surface area contributed by atoms with Crippen LogP contribution >= 0.6 is 0 Å². The lowest BCUT2D eigenvalue weighted by atomic mass is 9.90. The largest absolute Gasteiger partial charge is 0.391 e. The maximum absolute atomic E-state index is 12.1. The highest BCUT2D eigenvalue weighted by Crippen LogP contribution is 2.26. The van der Waals surface area contributed by atoms with Gasteiger partial charge in [0, 0.05) is 12.6 Å². The van der Waals surface area contributed by atoms with Gasteiger partial charge in [0.1, 0.15) is 0 Å². The van der Waals surface area contributed by atoms with Crippen LogP contribution in [-0.2, 0) is 26.5 Å². The van der Waals surface area contributed by atoms with Crippen LogP contribution in [0, 0.1) is 0 Å². The molecule has 104 valence electrons. The molecule has 1 aliphatic rings. The lowest BCUT2D eigenvalue weighted by Gasteiger charge is -2.17. The van der Waals surface area contributed by atoms with E-state index in [-0.39, 0.29) is 12.2 Å². The fourth-order valence-corrected chi connectivity index (χ4v) is 2.99. The summed E-state index contributed by atoms with van der Waals surface area (Å²) in [6.45, 7) is -0.211. The molecule has 0 saturated carbocycles. The molecule has 0 saturated heterocycles. The van der Waals surface area contributed by atoms with Crippen LogP contribution in [0.25, 0.3) is 11.3 Å². The van der Waals surface area contributed by atoms with E-state index in [1.165, 1.54) is 24.0 Å². The van der Waals surface area contributed by atoms with Crippen molar-refractivity contribution in [2.24, 2.45) is 7.05 Å². The molecule has 0 bridgehead atoms. The topological polar surface area (TPSA) is 42.2 Å². The van der Waals surface area contributed by atoms with Crippen molar-refractivity contribution in [3.8, 4) is 11.3 Å². The van der Waals surface area contributed by atoms with E-state index >= 15 is 0 Å². The Morgan fingerprint density at radius 3 is 2.60 bits per heavy atom. The molecule has 1 aliphatic carbocycles. The SMILES string of the molecule is Cn1c(-c2ccc3c(c2)CCCC3)ccc(CO)c1=O. The smallest absolute Gasteiger partial charge is 0.256 e. The first-order chi connectivity index (χ1) is 9.70. The van der Waals surface area contributed by atoms with Crippen LogP contribution in [0.5, 0.6) is 0 Å². The molecule has 0 radical (unpaired) electrons. The zero-order chi connectivity index (χ0) is 14.1. The van der Waals surface area contributed by atoms with Gasteiger partial charge in [0.15, 0.2) is 0 Å². The first-order valence-corrected chi connectivity index (χ1v) is 7.12. The summed E-state index contributed by atoms with van der Waals surface area (Å²) >= 11 is 0. The Hall–Kier alpha value is -1.87. The molecular weight excluding hydrogens is 250 g/mol. The normalized spacial score (nSPS) is 14.1. The van der Waals surface area contributed by atoms with Gasteiger partial charge in [0.25, 0.3) is 5.56 Å². The van der Waals surface area contributed by atoms with E-state index in [9.17, 15) is 4.79 Å². The van der Waals surface area contributed by atoms with E-state index in [0.717, 1.165) is 24.1 Å². The maximum Gasteiger partial charge on any atom is 0.256 e. The molecular formula is C17H19NO2. The highest BCUT2D eigenvalue weighted by atomic mass is 16.3. The Labute approximate surface area is 118 Å². The van der Waals surface area contributed by atoms with Crippen LogP contribution in [0.4, 0.5) is 0 Å². The first kappa shape index (κ1) is 13.1. The Balaban J connectivity index is 2.09. The van der Waals surface area contributed by atoms with Crippen LogP contribution in [-0.4, -0.2) is 9.67 Å². The molecule has 1 N–H and O–H groups in total. The van der Waals surface area contributed by atoms with Crippen molar-refractivity contribution < 1.29 is 5.11 Å². The molecule has 0 unspecified atom stereocenters. The second-order valence-corrected chi connectivity index (χ2v) is 5.46. The highest BCUT2D eigenvalue weighted by molar-refractivity contribution is 5.62. The van der Waals surface area contributed by atoms with Crippen LogP contribution in [0.1, 0.15) is 29.5 Å². The number of aliphatic hydroxyl groups is 1. The maximum atomic E-state index is 12.1. The molecule has 20 heavy (non-hydrogen) atoms. The van der Waals surface area contributed by atoms with Crippen molar-refractivity contribution in [3.63, 3.8) is 0 Å². The summed E-state index contributed by atoms with van der Waals surface area (Å²) in [6.07, 6.45) is 4.82. The number of aromatic nitrogens is 1. The zero-order valence-corrected chi connectivity index (χ0v) is 11.7. The molecule has 0 atom stereocenters. The predicted octanol–water partition coefficient (Wildman–Crippen LogP) is 2.42. The van der Waals surface area contributed by atoms with Crippen molar-refractivity contribution in [1.29, 1.82) is 0 Å². The van der Waals surface area contributed by atoms with Crippen molar-refractivity contribution >= 4 is 0 Å². The number of nitrogens with zero attached hydrogens (tertiary/aromatic N) is 1. The number of aliphatic hydroxyl groups excluding tert-OH is 1. The molecule has 3 rings (SSSR count).